The molecule has 3 heteroatoms. The van der Waals surface area contributed by atoms with Crippen molar-refractivity contribution in [2.24, 2.45) is 0 Å². The van der Waals surface area contributed by atoms with Crippen LogP contribution in [-0.4, -0.2) is 0 Å². The SMILES string of the molecule is C.CCc1ccc(CC)cc1.CCc1cccc(CC)c1.CCc1ccccc1CC.[CH3-].[CH3-].[CH3-].[Rh].[Rh].[Rh]. The maximum Gasteiger partial charge on any atom is 0 e. The van der Waals surface area contributed by atoms with Gasteiger partial charge in [-0.05, 0) is 71.9 Å². The molecule has 0 aliphatic carbocycles. The molecule has 3 rings (SSSR count). The first-order valence-corrected chi connectivity index (χ1v) is 11.8. The molecular formula is C34H55Rh3-3. The fraction of sp³-hybridized carbons (Fsp3) is 0.382. The van der Waals surface area contributed by atoms with Crippen molar-refractivity contribution in [2.75, 3.05) is 0 Å². The molecule has 3 radical (unpaired) electrons. The van der Waals surface area contributed by atoms with Gasteiger partial charge in [0.25, 0.3) is 0 Å². The standard InChI is InChI=1S/3C10H14.CH4.3CH3.3Rh/c1-3-9-5-7-10(4-2)8-6-9;1-3-9-6-5-7-10(4-2)8-9;1-3-9-7-5-6-8-10(9)4-2;;;;;;;/h3*5-8H,3-4H2,1-2H3;1H4;3*1H3;;;/q;;;;3*-1;;;. The topological polar surface area (TPSA) is 0 Å². The summed E-state index contributed by atoms with van der Waals surface area (Å²) in [6, 6.07) is 26.2. The van der Waals surface area contributed by atoms with E-state index in [0.717, 1.165) is 38.5 Å². The van der Waals surface area contributed by atoms with Crippen molar-refractivity contribution in [3.63, 3.8) is 0 Å². The zero-order chi connectivity index (χ0) is 22.2. The number of hydrogen-bond donors (Lipinski definition) is 0. The number of aryl methyl sites for hydroxylation is 6. The van der Waals surface area contributed by atoms with Gasteiger partial charge in [0.15, 0.2) is 0 Å². The Kier molecular flexibility index (Phi) is 48.0. The van der Waals surface area contributed by atoms with E-state index in [2.05, 4.69) is 114 Å². The minimum absolute atomic E-state index is 0. The normalized spacial score (nSPS) is 7.95. The van der Waals surface area contributed by atoms with Gasteiger partial charge in [-0.25, -0.2) is 0 Å². The minimum Gasteiger partial charge on any atom is -0.358 e. The van der Waals surface area contributed by atoms with Gasteiger partial charge in [0.1, 0.15) is 0 Å². The van der Waals surface area contributed by atoms with Crippen LogP contribution in [0.1, 0.15) is 82.3 Å². The molecule has 0 unspecified atom stereocenters. The summed E-state index contributed by atoms with van der Waals surface area (Å²) in [4.78, 5) is 0. The first kappa shape index (κ1) is 52.9. The number of rotatable bonds is 6. The molecule has 0 saturated heterocycles. The molecule has 0 aliphatic rings. The van der Waals surface area contributed by atoms with Gasteiger partial charge in [0.05, 0.1) is 0 Å². The first-order valence-electron chi connectivity index (χ1n) is 11.8. The van der Waals surface area contributed by atoms with Crippen molar-refractivity contribution < 1.29 is 58.4 Å². The average Bonchev–Trinajstić information content (AvgIpc) is 2.84. The monoisotopic (exact) mass is 772 g/mol. The van der Waals surface area contributed by atoms with Crippen molar-refractivity contribution in [1.29, 1.82) is 0 Å². The van der Waals surface area contributed by atoms with E-state index in [1.165, 1.54) is 33.4 Å². The zero-order valence-corrected chi connectivity index (χ0v) is 29.1. The van der Waals surface area contributed by atoms with E-state index in [1.54, 1.807) is 0 Å². The Morgan fingerprint density at radius 3 is 0.919 bits per heavy atom. The molecule has 3 aromatic carbocycles. The van der Waals surface area contributed by atoms with E-state index >= 15 is 0 Å². The van der Waals surface area contributed by atoms with E-state index < -0.39 is 0 Å². The van der Waals surface area contributed by atoms with Crippen molar-refractivity contribution >= 4 is 0 Å². The summed E-state index contributed by atoms with van der Waals surface area (Å²) < 4.78 is 0. The maximum atomic E-state index is 2.28. The van der Waals surface area contributed by atoms with Crippen LogP contribution in [0.4, 0.5) is 0 Å². The van der Waals surface area contributed by atoms with Crippen LogP contribution in [-0.2, 0) is 97.0 Å². The van der Waals surface area contributed by atoms with Gasteiger partial charge < -0.3 is 22.3 Å². The van der Waals surface area contributed by atoms with E-state index in [9.17, 15) is 0 Å². The number of hydrogen-bond acceptors (Lipinski definition) is 0. The quantitative estimate of drug-likeness (QED) is 0.173. The summed E-state index contributed by atoms with van der Waals surface area (Å²) in [6.07, 6.45) is 6.89. The van der Waals surface area contributed by atoms with Gasteiger partial charge in [-0.2, -0.15) is 0 Å². The predicted octanol–water partition coefficient (Wildman–Crippen LogP) is 10.4. The second kappa shape index (κ2) is 33.6. The average molecular weight is 773 g/mol. The Morgan fingerprint density at radius 2 is 0.676 bits per heavy atom. The second-order valence-corrected chi connectivity index (χ2v) is 7.53. The van der Waals surface area contributed by atoms with Crippen LogP contribution in [0.3, 0.4) is 0 Å². The van der Waals surface area contributed by atoms with Crippen molar-refractivity contribution in [3.05, 3.63) is 128 Å². The van der Waals surface area contributed by atoms with E-state index in [4.69, 9.17) is 0 Å². The second-order valence-electron chi connectivity index (χ2n) is 7.53. The molecule has 0 spiro atoms. The van der Waals surface area contributed by atoms with Crippen LogP contribution in [0.15, 0.2) is 72.8 Å². The van der Waals surface area contributed by atoms with Crippen molar-refractivity contribution in [1.82, 2.24) is 0 Å². The van der Waals surface area contributed by atoms with Gasteiger partial charge in [0, 0.05) is 58.4 Å². The molecule has 221 valence electrons. The maximum absolute atomic E-state index is 2.28. The third kappa shape index (κ3) is 22.1. The van der Waals surface area contributed by atoms with Gasteiger partial charge in [-0.1, -0.05) is 122 Å². The molecule has 0 amide bonds. The molecule has 0 N–H and O–H groups in total. The molecule has 0 nitrogen and oxygen atoms in total. The van der Waals surface area contributed by atoms with Gasteiger partial charge >= 0.3 is 0 Å². The Morgan fingerprint density at radius 1 is 0.378 bits per heavy atom. The van der Waals surface area contributed by atoms with Gasteiger partial charge in [0.2, 0.25) is 0 Å². The van der Waals surface area contributed by atoms with Crippen LogP contribution in [0.5, 0.6) is 0 Å². The molecule has 0 bridgehead atoms. The molecule has 0 fully saturated rings. The smallest absolute Gasteiger partial charge is 0 e. The summed E-state index contributed by atoms with van der Waals surface area (Å²) in [5.74, 6) is 0. The van der Waals surface area contributed by atoms with E-state index in [1.807, 2.05) is 0 Å². The van der Waals surface area contributed by atoms with Crippen LogP contribution in [0, 0.1) is 22.3 Å². The summed E-state index contributed by atoms with van der Waals surface area (Å²) in [5.41, 5.74) is 8.73. The summed E-state index contributed by atoms with van der Waals surface area (Å²) in [7, 11) is 0. The molecule has 3 aromatic rings. The van der Waals surface area contributed by atoms with Crippen LogP contribution in [0.2, 0.25) is 0 Å². The minimum atomic E-state index is 0. The molecule has 0 heterocycles. The van der Waals surface area contributed by atoms with Gasteiger partial charge in [-0.3, -0.25) is 0 Å². The van der Waals surface area contributed by atoms with Crippen LogP contribution < -0.4 is 0 Å². The molecule has 0 aliphatic heterocycles. The summed E-state index contributed by atoms with van der Waals surface area (Å²) in [6.45, 7) is 13.1. The van der Waals surface area contributed by atoms with Crippen LogP contribution >= 0.6 is 0 Å². The van der Waals surface area contributed by atoms with E-state index in [-0.39, 0.29) is 88.1 Å². The summed E-state index contributed by atoms with van der Waals surface area (Å²) >= 11 is 0. The molecular weight excluding hydrogens is 717 g/mol. The Bertz CT molecular complexity index is 761. The summed E-state index contributed by atoms with van der Waals surface area (Å²) in [5, 5.41) is 0. The Labute approximate surface area is 272 Å². The molecule has 0 saturated carbocycles. The number of benzene rings is 3. The Balaban J connectivity index is -0.0000000667. The van der Waals surface area contributed by atoms with Gasteiger partial charge in [-0.15, -0.1) is 0 Å². The molecule has 0 atom stereocenters. The van der Waals surface area contributed by atoms with Crippen molar-refractivity contribution in [2.45, 2.75) is 87.5 Å². The third-order valence-corrected chi connectivity index (χ3v) is 5.53. The third-order valence-electron chi connectivity index (χ3n) is 5.53. The fourth-order valence-electron chi connectivity index (χ4n) is 3.33. The fourth-order valence-corrected chi connectivity index (χ4v) is 3.33. The molecule has 37 heavy (non-hydrogen) atoms. The zero-order valence-electron chi connectivity index (χ0n) is 24.2. The largest absolute Gasteiger partial charge is 0.358 e. The van der Waals surface area contributed by atoms with Crippen molar-refractivity contribution in [3.8, 4) is 0 Å². The van der Waals surface area contributed by atoms with E-state index in [0.29, 0.717) is 0 Å². The first-order chi connectivity index (χ1) is 14.6. The predicted molar refractivity (Wildman–Crippen MR) is 162 cm³/mol. The molecule has 0 aromatic heterocycles. The Hall–Kier alpha value is -0.470. The van der Waals surface area contributed by atoms with Crippen LogP contribution in [0.25, 0.3) is 0 Å².